The van der Waals surface area contributed by atoms with Crippen molar-refractivity contribution in [2.75, 3.05) is 12.3 Å². The zero-order valence-electron chi connectivity index (χ0n) is 9.16. The predicted molar refractivity (Wildman–Crippen MR) is 61.7 cm³/mol. The molecule has 1 N–H and O–H groups in total. The van der Waals surface area contributed by atoms with Crippen LogP contribution in [0.2, 0.25) is 0 Å². The zero-order chi connectivity index (χ0) is 10.4. The number of aryl methyl sites for hydroxylation is 1. The summed E-state index contributed by atoms with van der Waals surface area (Å²) in [7, 11) is 1.95. The molecule has 0 aliphatic carbocycles. The van der Waals surface area contributed by atoms with Gasteiger partial charge in [0.05, 0.1) is 6.20 Å². The molecule has 0 spiro atoms. The van der Waals surface area contributed by atoms with Crippen LogP contribution in [0.1, 0.15) is 20.3 Å². The first-order valence-electron chi connectivity index (χ1n) is 5.07. The SMILES string of the molecule is CCCNC(C)CSc1cnn(C)c1. The summed E-state index contributed by atoms with van der Waals surface area (Å²) in [5.41, 5.74) is 0. The van der Waals surface area contributed by atoms with Crippen LogP contribution < -0.4 is 5.32 Å². The molecular weight excluding hydrogens is 194 g/mol. The molecule has 0 radical (unpaired) electrons. The third-order valence-electron chi connectivity index (χ3n) is 1.92. The molecule has 1 heterocycles. The Bertz CT molecular complexity index is 260. The third-order valence-corrected chi connectivity index (χ3v) is 3.13. The lowest BCUT2D eigenvalue weighted by Gasteiger charge is -2.11. The number of hydrogen-bond acceptors (Lipinski definition) is 3. The number of hydrogen-bond donors (Lipinski definition) is 1. The number of aromatic nitrogens is 2. The summed E-state index contributed by atoms with van der Waals surface area (Å²) in [6.45, 7) is 5.52. The van der Waals surface area contributed by atoms with Gasteiger partial charge >= 0.3 is 0 Å². The highest BCUT2D eigenvalue weighted by Gasteiger charge is 2.02. The molecule has 1 aromatic rings. The predicted octanol–water partition coefficient (Wildman–Crippen LogP) is 1.90. The molecule has 1 unspecified atom stereocenters. The maximum Gasteiger partial charge on any atom is 0.0625 e. The van der Waals surface area contributed by atoms with Gasteiger partial charge < -0.3 is 5.32 Å². The first-order valence-corrected chi connectivity index (χ1v) is 6.05. The Morgan fingerprint density at radius 2 is 2.43 bits per heavy atom. The van der Waals surface area contributed by atoms with Crippen LogP contribution in [-0.2, 0) is 7.05 Å². The van der Waals surface area contributed by atoms with Crippen molar-refractivity contribution < 1.29 is 0 Å². The van der Waals surface area contributed by atoms with E-state index in [0.29, 0.717) is 6.04 Å². The number of nitrogens with zero attached hydrogens (tertiary/aromatic N) is 2. The molecule has 1 rings (SSSR count). The maximum absolute atomic E-state index is 4.13. The molecule has 1 aromatic heterocycles. The van der Waals surface area contributed by atoms with E-state index in [2.05, 4.69) is 30.5 Å². The van der Waals surface area contributed by atoms with Gasteiger partial charge in [-0.15, -0.1) is 11.8 Å². The Hall–Kier alpha value is -0.480. The van der Waals surface area contributed by atoms with Crippen molar-refractivity contribution >= 4 is 11.8 Å². The summed E-state index contributed by atoms with van der Waals surface area (Å²) in [5.74, 6) is 1.10. The van der Waals surface area contributed by atoms with Crippen LogP contribution >= 0.6 is 11.8 Å². The molecule has 80 valence electrons. The Balaban J connectivity index is 2.20. The monoisotopic (exact) mass is 213 g/mol. The van der Waals surface area contributed by atoms with Gasteiger partial charge in [-0.25, -0.2) is 0 Å². The normalized spacial score (nSPS) is 13.1. The van der Waals surface area contributed by atoms with Crippen molar-refractivity contribution in [2.24, 2.45) is 7.05 Å². The van der Waals surface area contributed by atoms with Crippen molar-refractivity contribution in [3.63, 3.8) is 0 Å². The van der Waals surface area contributed by atoms with E-state index in [1.807, 2.05) is 29.7 Å². The minimum atomic E-state index is 0.570. The summed E-state index contributed by atoms with van der Waals surface area (Å²) in [6, 6.07) is 0.570. The minimum Gasteiger partial charge on any atom is -0.313 e. The Morgan fingerprint density at radius 3 is 3.00 bits per heavy atom. The van der Waals surface area contributed by atoms with Gasteiger partial charge in [-0.05, 0) is 19.9 Å². The fourth-order valence-electron chi connectivity index (χ4n) is 1.14. The molecule has 14 heavy (non-hydrogen) atoms. The topological polar surface area (TPSA) is 29.9 Å². The quantitative estimate of drug-likeness (QED) is 0.732. The van der Waals surface area contributed by atoms with Gasteiger partial charge in [-0.3, -0.25) is 4.68 Å². The molecule has 0 aliphatic rings. The van der Waals surface area contributed by atoms with Crippen molar-refractivity contribution in [1.82, 2.24) is 15.1 Å². The van der Waals surface area contributed by atoms with E-state index < -0.39 is 0 Å². The van der Waals surface area contributed by atoms with Gasteiger partial charge in [0.2, 0.25) is 0 Å². The van der Waals surface area contributed by atoms with Gasteiger partial charge in [0, 0.05) is 29.9 Å². The van der Waals surface area contributed by atoms with E-state index >= 15 is 0 Å². The van der Waals surface area contributed by atoms with E-state index in [4.69, 9.17) is 0 Å². The van der Waals surface area contributed by atoms with E-state index in [-0.39, 0.29) is 0 Å². The Labute approximate surface area is 90.3 Å². The third kappa shape index (κ3) is 4.15. The van der Waals surface area contributed by atoms with Gasteiger partial charge in [0.25, 0.3) is 0 Å². The average molecular weight is 213 g/mol. The summed E-state index contributed by atoms with van der Waals surface area (Å²) in [4.78, 5) is 1.25. The highest BCUT2D eigenvalue weighted by molar-refractivity contribution is 7.99. The number of thioether (sulfide) groups is 1. The maximum atomic E-state index is 4.13. The van der Waals surface area contributed by atoms with Crippen LogP contribution in [0.3, 0.4) is 0 Å². The lowest BCUT2D eigenvalue weighted by atomic mass is 10.3. The van der Waals surface area contributed by atoms with Crippen LogP contribution in [0, 0.1) is 0 Å². The van der Waals surface area contributed by atoms with Crippen molar-refractivity contribution in [2.45, 2.75) is 31.2 Å². The lowest BCUT2D eigenvalue weighted by Crippen LogP contribution is -2.28. The number of rotatable bonds is 6. The van der Waals surface area contributed by atoms with Crippen LogP contribution in [0.25, 0.3) is 0 Å². The van der Waals surface area contributed by atoms with E-state index in [1.165, 1.54) is 11.3 Å². The second kappa shape index (κ2) is 6.09. The summed E-state index contributed by atoms with van der Waals surface area (Å²) >= 11 is 1.85. The van der Waals surface area contributed by atoms with E-state index in [0.717, 1.165) is 12.3 Å². The van der Waals surface area contributed by atoms with Gasteiger partial charge in [0.1, 0.15) is 0 Å². The molecule has 0 aromatic carbocycles. The zero-order valence-corrected chi connectivity index (χ0v) is 9.97. The van der Waals surface area contributed by atoms with Gasteiger partial charge in [-0.2, -0.15) is 5.10 Å². The summed E-state index contributed by atoms with van der Waals surface area (Å²) < 4.78 is 1.84. The first-order chi connectivity index (χ1) is 6.72. The summed E-state index contributed by atoms with van der Waals surface area (Å²) in [6.07, 6.45) is 5.16. The van der Waals surface area contributed by atoms with Crippen molar-refractivity contribution in [1.29, 1.82) is 0 Å². The Morgan fingerprint density at radius 1 is 1.64 bits per heavy atom. The molecule has 3 nitrogen and oxygen atoms in total. The fraction of sp³-hybridized carbons (Fsp3) is 0.700. The van der Waals surface area contributed by atoms with E-state index in [9.17, 15) is 0 Å². The first kappa shape index (κ1) is 11.6. The van der Waals surface area contributed by atoms with Crippen LogP contribution in [-0.4, -0.2) is 28.1 Å². The van der Waals surface area contributed by atoms with Crippen molar-refractivity contribution in [3.05, 3.63) is 12.4 Å². The van der Waals surface area contributed by atoms with E-state index in [1.54, 1.807) is 0 Å². The average Bonchev–Trinajstić information content (AvgIpc) is 2.58. The molecule has 0 saturated carbocycles. The van der Waals surface area contributed by atoms with Gasteiger partial charge in [-0.1, -0.05) is 6.92 Å². The fourth-order valence-corrected chi connectivity index (χ4v) is 2.05. The molecule has 0 saturated heterocycles. The highest BCUT2D eigenvalue weighted by Crippen LogP contribution is 2.16. The standard InChI is InChI=1S/C10H19N3S/c1-4-5-11-9(2)8-14-10-6-12-13(3)7-10/h6-7,9,11H,4-5,8H2,1-3H3. The lowest BCUT2D eigenvalue weighted by molar-refractivity contribution is 0.590. The molecule has 4 heteroatoms. The molecule has 0 aliphatic heterocycles. The molecule has 0 fully saturated rings. The van der Waals surface area contributed by atoms with Crippen LogP contribution in [0.15, 0.2) is 17.3 Å². The second-order valence-electron chi connectivity index (χ2n) is 3.52. The molecule has 0 bridgehead atoms. The summed E-state index contributed by atoms with van der Waals surface area (Å²) in [5, 5.41) is 7.59. The van der Waals surface area contributed by atoms with Crippen LogP contribution in [0.4, 0.5) is 0 Å². The molecule has 1 atom stereocenters. The highest BCUT2D eigenvalue weighted by atomic mass is 32.2. The molecule has 0 amide bonds. The second-order valence-corrected chi connectivity index (χ2v) is 4.61. The van der Waals surface area contributed by atoms with Gasteiger partial charge in [0.15, 0.2) is 0 Å². The number of nitrogens with one attached hydrogen (secondary N) is 1. The largest absolute Gasteiger partial charge is 0.313 e. The van der Waals surface area contributed by atoms with Crippen molar-refractivity contribution in [3.8, 4) is 0 Å². The smallest absolute Gasteiger partial charge is 0.0625 e. The van der Waals surface area contributed by atoms with Crippen LogP contribution in [0.5, 0.6) is 0 Å². The Kier molecular flexibility index (Phi) is 5.04. The minimum absolute atomic E-state index is 0.570. The molecular formula is C10H19N3S.